The summed E-state index contributed by atoms with van der Waals surface area (Å²) in [5, 5.41) is 19.5. The summed E-state index contributed by atoms with van der Waals surface area (Å²) in [6, 6.07) is 3.40. The summed E-state index contributed by atoms with van der Waals surface area (Å²) < 4.78 is 75.6. The van der Waals surface area contributed by atoms with E-state index in [0.717, 1.165) is 11.8 Å². The number of carbonyl (C=O) groups is 1. The van der Waals surface area contributed by atoms with Crippen molar-refractivity contribution in [1.82, 2.24) is 9.97 Å². The minimum absolute atomic E-state index is 0.0583. The Bertz CT molecular complexity index is 1750. The van der Waals surface area contributed by atoms with Gasteiger partial charge in [-0.05, 0) is 29.4 Å². The van der Waals surface area contributed by atoms with Crippen molar-refractivity contribution < 1.29 is 31.9 Å². The van der Waals surface area contributed by atoms with Gasteiger partial charge in [0.15, 0.2) is 11.0 Å². The Kier molecular flexibility index (Phi) is 6.65. The van der Waals surface area contributed by atoms with Crippen molar-refractivity contribution in [2.45, 2.75) is 37.5 Å². The quantitative estimate of drug-likeness (QED) is 0.138. The Morgan fingerprint density at radius 3 is 2.34 bits per heavy atom. The lowest BCUT2D eigenvalue weighted by Crippen LogP contribution is -2.17. The van der Waals surface area contributed by atoms with Crippen LogP contribution in [0.25, 0.3) is 32.1 Å². The molecule has 0 bridgehead atoms. The molecule has 3 N–H and O–H groups in total. The first-order valence-corrected chi connectivity index (χ1v) is 12.7. The fourth-order valence-electron chi connectivity index (χ4n) is 4.09. The summed E-state index contributed by atoms with van der Waals surface area (Å²) in [4.78, 5) is 30.0. The number of aromatic nitrogens is 2. The first kappa shape index (κ1) is 27.3. The number of nitriles is 1. The number of alkyl halides is 3. The van der Waals surface area contributed by atoms with Gasteiger partial charge in [0.25, 0.3) is 5.56 Å². The van der Waals surface area contributed by atoms with Gasteiger partial charge in [-0.3, -0.25) is 10.1 Å². The van der Waals surface area contributed by atoms with Gasteiger partial charge in [-0.25, -0.2) is 18.6 Å². The molecule has 4 aromatic rings. The average molecular weight is 569 g/mol. The summed E-state index contributed by atoms with van der Waals surface area (Å²) in [7, 11) is 0. The molecule has 38 heavy (non-hydrogen) atoms. The second-order valence-electron chi connectivity index (χ2n) is 9.17. The van der Waals surface area contributed by atoms with Crippen LogP contribution in [0.4, 0.5) is 31.7 Å². The van der Waals surface area contributed by atoms with Gasteiger partial charge in [-0.2, -0.15) is 18.4 Å². The summed E-state index contributed by atoms with van der Waals surface area (Å²) in [5.74, 6) is -2.83. The molecule has 0 aliphatic heterocycles. The normalized spacial score (nSPS) is 12.2. The van der Waals surface area contributed by atoms with Crippen LogP contribution in [0, 0.1) is 23.0 Å². The Morgan fingerprint density at radius 2 is 1.82 bits per heavy atom. The van der Waals surface area contributed by atoms with Gasteiger partial charge in [-0.15, -0.1) is 11.3 Å². The van der Waals surface area contributed by atoms with Crippen molar-refractivity contribution in [3.8, 4) is 17.2 Å². The highest BCUT2D eigenvalue weighted by atomic mass is 32.2. The zero-order valence-corrected chi connectivity index (χ0v) is 21.7. The largest absolute Gasteiger partial charge is 0.465 e. The highest BCUT2D eigenvalue weighted by molar-refractivity contribution is 7.98. The van der Waals surface area contributed by atoms with Gasteiger partial charge in [0.1, 0.15) is 22.4 Å². The molecule has 0 unspecified atom stereocenters. The Morgan fingerprint density at radius 1 is 1.16 bits per heavy atom. The SMILES string of the molecule is CSc1nc2c(F)c(-c3c(F)c(C(C)(C)C)cc4sc(NC(=O)O)c(C#N)c34)c(C(F)(F)F)cc2c(=O)[nH]1. The fourth-order valence-corrected chi connectivity index (χ4v) is 5.56. The number of H-pyrrole nitrogens is 1. The number of thioether (sulfide) groups is 1. The maximum atomic E-state index is 16.3. The summed E-state index contributed by atoms with van der Waals surface area (Å²) in [6.45, 7) is 4.76. The highest BCUT2D eigenvalue weighted by Crippen LogP contribution is 2.49. The first-order chi connectivity index (χ1) is 17.6. The molecular weight excluding hydrogens is 551 g/mol. The van der Waals surface area contributed by atoms with E-state index in [4.69, 9.17) is 0 Å². The van der Waals surface area contributed by atoms with Crippen molar-refractivity contribution in [3.05, 3.63) is 50.8 Å². The van der Waals surface area contributed by atoms with Crippen LogP contribution < -0.4 is 10.9 Å². The smallest absolute Gasteiger partial charge is 0.417 e. The predicted octanol–water partition coefficient (Wildman–Crippen LogP) is 7.08. The van der Waals surface area contributed by atoms with Gasteiger partial charge >= 0.3 is 12.3 Å². The van der Waals surface area contributed by atoms with E-state index in [2.05, 4.69) is 9.97 Å². The van der Waals surface area contributed by atoms with Crippen LogP contribution in [-0.4, -0.2) is 27.4 Å². The zero-order chi connectivity index (χ0) is 28.3. The van der Waals surface area contributed by atoms with Gasteiger partial charge in [0, 0.05) is 21.2 Å². The van der Waals surface area contributed by atoms with Crippen LogP contribution in [0.5, 0.6) is 0 Å². The van der Waals surface area contributed by atoms with E-state index in [1.807, 2.05) is 5.32 Å². The van der Waals surface area contributed by atoms with Crippen LogP contribution in [0.1, 0.15) is 37.5 Å². The van der Waals surface area contributed by atoms with Crippen molar-refractivity contribution in [3.63, 3.8) is 0 Å². The number of fused-ring (bicyclic) bond motifs is 2. The molecular formula is C24H17F5N4O3S2. The summed E-state index contributed by atoms with van der Waals surface area (Å²) in [5.41, 5.74) is -7.06. The molecule has 0 saturated heterocycles. The number of hydrogen-bond acceptors (Lipinski definition) is 6. The van der Waals surface area contributed by atoms with E-state index in [0.29, 0.717) is 17.4 Å². The van der Waals surface area contributed by atoms with Crippen molar-refractivity contribution in [1.29, 1.82) is 5.26 Å². The molecule has 1 amide bonds. The molecule has 0 spiro atoms. The number of amides is 1. The lowest BCUT2D eigenvalue weighted by Gasteiger charge is -2.24. The third-order valence-electron chi connectivity index (χ3n) is 5.72. The Hall–Kier alpha value is -3.70. The minimum atomic E-state index is -5.25. The Labute approximate surface area is 219 Å². The number of benzene rings is 2. The number of anilines is 1. The molecule has 0 saturated carbocycles. The van der Waals surface area contributed by atoms with E-state index in [-0.39, 0.29) is 20.4 Å². The van der Waals surface area contributed by atoms with Crippen LogP contribution >= 0.6 is 23.1 Å². The van der Waals surface area contributed by atoms with Crippen LogP contribution in [0.2, 0.25) is 0 Å². The Balaban J connectivity index is 2.34. The predicted molar refractivity (Wildman–Crippen MR) is 135 cm³/mol. The van der Waals surface area contributed by atoms with E-state index in [9.17, 15) is 33.1 Å². The van der Waals surface area contributed by atoms with Gasteiger partial charge in [-0.1, -0.05) is 32.5 Å². The van der Waals surface area contributed by atoms with E-state index < -0.39 is 73.4 Å². The molecule has 198 valence electrons. The lowest BCUT2D eigenvalue weighted by atomic mass is 9.82. The molecule has 0 aliphatic rings. The third kappa shape index (κ3) is 4.45. The standard InChI is InChI=1S/C24H17F5N4O3S2/c1-23(2,3)11-6-12-13(9(7-30)20(38-12)33-22(35)36)15(16(11)25)14-10(24(27,28)29)5-8-18(17(14)26)31-21(37-4)32-19(8)34/h5-6,33H,1-4H3,(H,35,36)(H,31,32,34). The highest BCUT2D eigenvalue weighted by Gasteiger charge is 2.40. The number of carboxylic acid groups (broad SMARTS) is 1. The monoisotopic (exact) mass is 568 g/mol. The molecule has 4 rings (SSSR count). The molecule has 0 radical (unpaired) electrons. The number of rotatable bonds is 3. The number of aromatic amines is 1. The molecule has 7 nitrogen and oxygen atoms in total. The van der Waals surface area contributed by atoms with Gasteiger partial charge in [0.05, 0.1) is 16.5 Å². The van der Waals surface area contributed by atoms with Gasteiger partial charge < -0.3 is 10.1 Å². The fraction of sp³-hybridized carbons (Fsp3) is 0.250. The summed E-state index contributed by atoms with van der Waals surface area (Å²) >= 11 is 1.61. The number of nitrogens with zero attached hydrogens (tertiary/aromatic N) is 2. The van der Waals surface area contributed by atoms with Gasteiger partial charge in [0.2, 0.25) is 0 Å². The molecule has 2 heterocycles. The molecule has 2 aromatic carbocycles. The average Bonchev–Trinajstić information content (AvgIpc) is 3.14. The van der Waals surface area contributed by atoms with Crippen molar-refractivity contribution in [2.75, 3.05) is 11.6 Å². The molecule has 0 fully saturated rings. The van der Waals surface area contributed by atoms with Crippen LogP contribution in [0.3, 0.4) is 0 Å². The van der Waals surface area contributed by atoms with Crippen molar-refractivity contribution in [2.24, 2.45) is 0 Å². The topological polar surface area (TPSA) is 119 Å². The summed E-state index contributed by atoms with van der Waals surface area (Å²) in [6.07, 6.45) is -5.31. The second kappa shape index (κ2) is 9.25. The van der Waals surface area contributed by atoms with Crippen molar-refractivity contribution >= 4 is 55.2 Å². The first-order valence-electron chi connectivity index (χ1n) is 10.7. The molecule has 0 aliphatic carbocycles. The number of nitrogens with one attached hydrogen (secondary N) is 2. The lowest BCUT2D eigenvalue weighted by molar-refractivity contribution is -0.137. The number of hydrogen-bond donors (Lipinski definition) is 3. The maximum absolute atomic E-state index is 16.3. The van der Waals surface area contributed by atoms with Crippen LogP contribution in [0.15, 0.2) is 22.1 Å². The number of thiophene rings is 1. The maximum Gasteiger partial charge on any atom is 0.417 e. The molecule has 2 aromatic heterocycles. The molecule has 0 atom stereocenters. The van der Waals surface area contributed by atoms with E-state index in [1.54, 1.807) is 26.8 Å². The number of halogens is 5. The molecule has 14 heteroatoms. The third-order valence-corrected chi connectivity index (χ3v) is 7.36. The van der Waals surface area contributed by atoms with Crippen LogP contribution in [-0.2, 0) is 11.6 Å². The minimum Gasteiger partial charge on any atom is -0.465 e. The van der Waals surface area contributed by atoms with E-state index >= 15 is 8.78 Å². The second-order valence-corrected chi connectivity index (χ2v) is 11.0. The van der Waals surface area contributed by atoms with E-state index in [1.165, 1.54) is 12.3 Å². The zero-order valence-electron chi connectivity index (χ0n) is 20.0.